The molecule has 1 aliphatic rings. The number of anilines is 1. The summed E-state index contributed by atoms with van der Waals surface area (Å²) in [4.78, 5) is 12.9. The Kier molecular flexibility index (Phi) is 9.01. The Labute approximate surface area is 223 Å². The minimum atomic E-state index is -3.65. The Hall–Kier alpha value is -3.44. The molecule has 1 N–H and O–H groups in total. The van der Waals surface area contributed by atoms with E-state index in [0.717, 1.165) is 32.1 Å². The van der Waals surface area contributed by atoms with Crippen LogP contribution in [0.1, 0.15) is 63.2 Å². The Bertz CT molecular complexity index is 1330. The highest BCUT2D eigenvalue weighted by atomic mass is 32.2. The highest BCUT2D eigenvalue weighted by Crippen LogP contribution is 2.33. The Balaban J connectivity index is 1.45. The summed E-state index contributed by atoms with van der Waals surface area (Å²) in [7, 11) is -3.65. The smallest absolute Gasteiger partial charge is 0.322 e. The van der Waals surface area contributed by atoms with Gasteiger partial charge in [0.2, 0.25) is 15.9 Å². The van der Waals surface area contributed by atoms with Crippen molar-refractivity contribution in [1.82, 2.24) is 14.5 Å². The largest absolute Gasteiger partial charge is 0.490 e. The van der Waals surface area contributed by atoms with Gasteiger partial charge in [0.15, 0.2) is 11.5 Å². The van der Waals surface area contributed by atoms with Gasteiger partial charge in [0.1, 0.15) is 0 Å². The molecular weight excluding hydrogens is 508 g/mol. The molecule has 11 heteroatoms. The van der Waals surface area contributed by atoms with E-state index in [9.17, 15) is 13.2 Å². The summed E-state index contributed by atoms with van der Waals surface area (Å²) in [6.45, 7) is 7.00. The zero-order valence-corrected chi connectivity index (χ0v) is 22.8. The Morgan fingerprint density at radius 1 is 0.974 bits per heavy atom. The molecule has 0 bridgehead atoms. The van der Waals surface area contributed by atoms with Gasteiger partial charge in [-0.25, -0.2) is 8.42 Å². The average molecular weight is 543 g/mol. The van der Waals surface area contributed by atoms with E-state index in [-0.39, 0.29) is 28.4 Å². The van der Waals surface area contributed by atoms with Crippen LogP contribution in [0.5, 0.6) is 11.5 Å². The lowest BCUT2D eigenvalue weighted by Crippen LogP contribution is -2.41. The minimum absolute atomic E-state index is 0.0217. The van der Waals surface area contributed by atoms with Crippen molar-refractivity contribution in [1.29, 1.82) is 0 Å². The average Bonchev–Trinajstić information content (AvgIpc) is 3.39. The minimum Gasteiger partial charge on any atom is -0.490 e. The number of ether oxygens (including phenoxy) is 2. The number of aromatic nitrogens is 2. The normalized spacial score (nSPS) is 14.4. The van der Waals surface area contributed by atoms with Gasteiger partial charge in [-0.2, -0.15) is 4.31 Å². The molecule has 0 aliphatic heterocycles. The molecule has 1 saturated carbocycles. The van der Waals surface area contributed by atoms with Crippen molar-refractivity contribution in [2.24, 2.45) is 0 Å². The third kappa shape index (κ3) is 6.16. The van der Waals surface area contributed by atoms with E-state index in [1.165, 1.54) is 24.3 Å². The fourth-order valence-electron chi connectivity index (χ4n) is 4.65. The fraction of sp³-hybridized carbons (Fsp3) is 0.444. The van der Waals surface area contributed by atoms with Crippen LogP contribution in [0.15, 0.2) is 51.8 Å². The molecular formula is C27H34N4O6S. The molecule has 1 aliphatic carbocycles. The first kappa shape index (κ1) is 27.6. The lowest BCUT2D eigenvalue weighted by atomic mass is 9.95. The summed E-state index contributed by atoms with van der Waals surface area (Å²) in [5, 5.41) is 10.5. The van der Waals surface area contributed by atoms with Gasteiger partial charge in [0.25, 0.3) is 5.91 Å². The first-order valence-electron chi connectivity index (χ1n) is 13.0. The maximum atomic E-state index is 13.3. The number of nitrogens with zero attached hydrogens (tertiary/aromatic N) is 3. The number of amides is 1. The zero-order chi connectivity index (χ0) is 27.1. The molecule has 2 aromatic carbocycles. The molecule has 38 heavy (non-hydrogen) atoms. The summed E-state index contributed by atoms with van der Waals surface area (Å²) in [5.41, 5.74) is 0.877. The van der Waals surface area contributed by atoms with Gasteiger partial charge in [0.05, 0.1) is 18.1 Å². The van der Waals surface area contributed by atoms with Crippen LogP contribution < -0.4 is 14.8 Å². The molecule has 204 valence electrons. The van der Waals surface area contributed by atoms with E-state index >= 15 is 0 Å². The van der Waals surface area contributed by atoms with E-state index in [1.54, 1.807) is 22.5 Å². The first-order valence-corrected chi connectivity index (χ1v) is 14.5. The van der Waals surface area contributed by atoms with Crippen molar-refractivity contribution in [3.05, 3.63) is 48.0 Å². The fourth-order valence-corrected chi connectivity index (χ4v) is 6.34. The number of rotatable bonds is 11. The molecule has 0 atom stereocenters. The van der Waals surface area contributed by atoms with Crippen LogP contribution >= 0.6 is 0 Å². The van der Waals surface area contributed by atoms with Crippen molar-refractivity contribution < 1.29 is 27.1 Å². The number of benzene rings is 2. The highest BCUT2D eigenvalue weighted by molar-refractivity contribution is 7.89. The van der Waals surface area contributed by atoms with Gasteiger partial charge < -0.3 is 13.9 Å². The van der Waals surface area contributed by atoms with Crippen LogP contribution in [-0.4, -0.2) is 54.6 Å². The van der Waals surface area contributed by atoms with Crippen LogP contribution in [0.4, 0.5) is 6.01 Å². The van der Waals surface area contributed by atoms with Crippen LogP contribution in [0.3, 0.4) is 0 Å². The highest BCUT2D eigenvalue weighted by Gasteiger charge is 2.31. The standard InChI is InChI=1S/C27H34N4O6S/c1-4-31(21-10-8-7-9-11-21)38(33,34)22-15-12-19(13-16-22)25(32)28-27-30-29-26(37-27)20-14-17-23(35-5-2)24(18-20)36-6-3/h12-18,21H,4-11H2,1-3H3,(H,28,30,32). The number of sulfonamides is 1. The number of nitrogens with one attached hydrogen (secondary N) is 1. The summed E-state index contributed by atoms with van der Waals surface area (Å²) >= 11 is 0. The number of carbonyl (C=O) groups excluding carboxylic acids is 1. The summed E-state index contributed by atoms with van der Waals surface area (Å²) in [5.74, 6) is 0.867. The van der Waals surface area contributed by atoms with E-state index in [2.05, 4.69) is 15.5 Å². The lowest BCUT2D eigenvalue weighted by Gasteiger charge is -2.32. The van der Waals surface area contributed by atoms with Gasteiger partial charge >= 0.3 is 6.01 Å². The lowest BCUT2D eigenvalue weighted by molar-refractivity contribution is 0.102. The van der Waals surface area contributed by atoms with Gasteiger partial charge in [-0.1, -0.05) is 31.3 Å². The van der Waals surface area contributed by atoms with E-state index < -0.39 is 15.9 Å². The molecule has 1 aromatic heterocycles. The number of hydrogen-bond donors (Lipinski definition) is 1. The third-order valence-corrected chi connectivity index (χ3v) is 8.49. The van der Waals surface area contributed by atoms with Crippen molar-refractivity contribution in [2.45, 2.75) is 63.8 Å². The predicted octanol–water partition coefficient (Wildman–Crippen LogP) is 5.13. The monoisotopic (exact) mass is 542 g/mol. The van der Waals surface area contributed by atoms with E-state index in [1.807, 2.05) is 20.8 Å². The first-order chi connectivity index (χ1) is 18.4. The third-order valence-electron chi connectivity index (χ3n) is 6.45. The quantitative estimate of drug-likeness (QED) is 0.354. The molecule has 0 spiro atoms. The maximum Gasteiger partial charge on any atom is 0.322 e. The zero-order valence-electron chi connectivity index (χ0n) is 22.0. The number of carbonyl (C=O) groups is 1. The van der Waals surface area contributed by atoms with Crippen molar-refractivity contribution in [3.63, 3.8) is 0 Å². The molecule has 4 rings (SSSR count). The van der Waals surface area contributed by atoms with Crippen molar-refractivity contribution in [3.8, 4) is 23.0 Å². The SMILES string of the molecule is CCOc1ccc(-c2nnc(NC(=O)c3ccc(S(=O)(=O)N(CC)C4CCCCC4)cc3)o2)cc1OCC. The second kappa shape index (κ2) is 12.4. The van der Waals surface area contributed by atoms with Crippen LogP contribution in [0.25, 0.3) is 11.5 Å². The van der Waals surface area contributed by atoms with Gasteiger partial charge in [-0.15, -0.1) is 5.10 Å². The molecule has 1 amide bonds. The van der Waals surface area contributed by atoms with Crippen LogP contribution in [-0.2, 0) is 10.0 Å². The Morgan fingerprint density at radius 2 is 1.66 bits per heavy atom. The van der Waals surface area contributed by atoms with E-state index in [4.69, 9.17) is 13.9 Å². The van der Waals surface area contributed by atoms with Gasteiger partial charge in [-0.3, -0.25) is 10.1 Å². The van der Waals surface area contributed by atoms with Crippen LogP contribution in [0, 0.1) is 0 Å². The topological polar surface area (TPSA) is 124 Å². The molecule has 3 aromatic rings. The summed E-state index contributed by atoms with van der Waals surface area (Å²) in [6.07, 6.45) is 4.99. The molecule has 0 saturated heterocycles. The number of hydrogen-bond acceptors (Lipinski definition) is 8. The second-order valence-corrected chi connectivity index (χ2v) is 10.8. The Morgan fingerprint density at radius 3 is 2.32 bits per heavy atom. The van der Waals surface area contributed by atoms with Crippen molar-refractivity contribution >= 4 is 21.9 Å². The molecule has 10 nitrogen and oxygen atoms in total. The molecule has 0 radical (unpaired) electrons. The van der Waals surface area contributed by atoms with Gasteiger partial charge in [-0.05, 0) is 69.2 Å². The molecule has 1 fully saturated rings. The maximum absolute atomic E-state index is 13.3. The molecule has 0 unspecified atom stereocenters. The predicted molar refractivity (Wildman–Crippen MR) is 143 cm³/mol. The molecule has 1 heterocycles. The summed E-state index contributed by atoms with van der Waals surface area (Å²) in [6, 6.07) is 11.1. The van der Waals surface area contributed by atoms with Crippen LogP contribution in [0.2, 0.25) is 0 Å². The van der Waals surface area contributed by atoms with Gasteiger partial charge in [0, 0.05) is 23.7 Å². The second-order valence-electron chi connectivity index (χ2n) is 8.92. The van der Waals surface area contributed by atoms with Crippen molar-refractivity contribution in [2.75, 3.05) is 25.1 Å². The van der Waals surface area contributed by atoms with E-state index in [0.29, 0.717) is 36.8 Å². The summed E-state index contributed by atoms with van der Waals surface area (Å²) < 4.78 is 45.0.